The second-order valence-electron chi connectivity index (χ2n) is 5.97. The van der Waals surface area contributed by atoms with Crippen molar-refractivity contribution in [3.63, 3.8) is 0 Å². The Kier molecular flexibility index (Phi) is 5.63. The number of nitriles is 1. The van der Waals surface area contributed by atoms with Crippen LogP contribution < -0.4 is 5.32 Å². The molecule has 0 saturated heterocycles. The van der Waals surface area contributed by atoms with E-state index in [-0.39, 0.29) is 5.70 Å². The van der Waals surface area contributed by atoms with Crippen LogP contribution in [0.1, 0.15) is 21.5 Å². The van der Waals surface area contributed by atoms with E-state index in [0.717, 1.165) is 11.1 Å². The average molecular weight is 368 g/mol. The van der Waals surface area contributed by atoms with Crippen LogP contribution in [0.2, 0.25) is 0 Å². The number of aliphatic carboxylic acids is 1. The van der Waals surface area contributed by atoms with Crippen molar-refractivity contribution in [3.05, 3.63) is 101 Å². The lowest BCUT2D eigenvalue weighted by Gasteiger charge is -2.08. The first-order valence-corrected chi connectivity index (χ1v) is 8.49. The quantitative estimate of drug-likeness (QED) is 0.664. The van der Waals surface area contributed by atoms with E-state index >= 15 is 0 Å². The molecule has 0 bridgehead atoms. The molecule has 0 aliphatic carbocycles. The monoisotopic (exact) mass is 368 g/mol. The van der Waals surface area contributed by atoms with E-state index in [2.05, 4.69) is 11.4 Å². The molecule has 0 aromatic heterocycles. The minimum atomic E-state index is -1.24. The van der Waals surface area contributed by atoms with Gasteiger partial charge in [-0.05, 0) is 47.0 Å². The van der Waals surface area contributed by atoms with Gasteiger partial charge in [-0.1, -0.05) is 54.6 Å². The summed E-state index contributed by atoms with van der Waals surface area (Å²) in [5.74, 6) is -1.74. The number of carboxylic acid groups (broad SMARTS) is 1. The van der Waals surface area contributed by atoms with Crippen LogP contribution in [-0.4, -0.2) is 17.0 Å². The van der Waals surface area contributed by atoms with Crippen LogP contribution in [-0.2, 0) is 4.79 Å². The van der Waals surface area contributed by atoms with Gasteiger partial charge in [-0.15, -0.1) is 0 Å². The van der Waals surface area contributed by atoms with Gasteiger partial charge >= 0.3 is 5.97 Å². The molecule has 1 amide bonds. The van der Waals surface area contributed by atoms with Gasteiger partial charge in [-0.2, -0.15) is 5.26 Å². The normalized spacial score (nSPS) is 10.8. The first-order chi connectivity index (χ1) is 13.6. The Morgan fingerprint density at radius 3 is 2.36 bits per heavy atom. The highest BCUT2D eigenvalue weighted by atomic mass is 16.4. The minimum Gasteiger partial charge on any atom is -0.477 e. The lowest BCUT2D eigenvalue weighted by Crippen LogP contribution is -2.27. The summed E-state index contributed by atoms with van der Waals surface area (Å²) >= 11 is 0. The zero-order chi connectivity index (χ0) is 19.9. The van der Waals surface area contributed by atoms with Crippen molar-refractivity contribution in [3.8, 4) is 17.2 Å². The maximum Gasteiger partial charge on any atom is 0.352 e. The highest BCUT2D eigenvalue weighted by molar-refractivity contribution is 6.02. The molecule has 3 aromatic carbocycles. The smallest absolute Gasteiger partial charge is 0.352 e. The van der Waals surface area contributed by atoms with Gasteiger partial charge in [0.1, 0.15) is 5.70 Å². The van der Waals surface area contributed by atoms with Crippen LogP contribution in [0.25, 0.3) is 17.2 Å². The van der Waals surface area contributed by atoms with E-state index in [4.69, 9.17) is 0 Å². The fourth-order valence-electron chi connectivity index (χ4n) is 2.73. The molecule has 3 rings (SSSR count). The van der Waals surface area contributed by atoms with Gasteiger partial charge in [0, 0.05) is 5.56 Å². The molecular weight excluding hydrogens is 352 g/mol. The Labute approximate surface area is 162 Å². The molecule has 0 atom stereocenters. The van der Waals surface area contributed by atoms with Crippen molar-refractivity contribution in [1.82, 2.24) is 5.32 Å². The molecule has 0 spiro atoms. The SMILES string of the molecule is N#Cc1ccccc1-c1cccc(/C=C(\NC(=O)c2ccccc2)C(=O)O)c1. The molecule has 0 fully saturated rings. The molecule has 28 heavy (non-hydrogen) atoms. The van der Waals surface area contributed by atoms with E-state index in [1.807, 2.05) is 18.2 Å². The standard InChI is InChI=1S/C23H16N2O3/c24-15-19-10-4-5-12-20(19)18-11-6-7-16(13-18)14-21(23(27)28)25-22(26)17-8-2-1-3-9-17/h1-14H,(H,25,26)(H,27,28)/b21-14-. The Hall–Kier alpha value is -4.17. The summed E-state index contributed by atoms with van der Waals surface area (Å²) < 4.78 is 0. The Morgan fingerprint density at radius 1 is 0.929 bits per heavy atom. The molecule has 5 nitrogen and oxygen atoms in total. The molecular formula is C23H16N2O3. The number of carbonyl (C=O) groups is 2. The molecule has 2 N–H and O–H groups in total. The van der Waals surface area contributed by atoms with E-state index < -0.39 is 11.9 Å². The predicted octanol–water partition coefficient (Wildman–Crippen LogP) is 4.08. The maximum atomic E-state index is 12.3. The van der Waals surface area contributed by atoms with Crippen LogP contribution in [0.3, 0.4) is 0 Å². The number of carbonyl (C=O) groups excluding carboxylic acids is 1. The summed E-state index contributed by atoms with van der Waals surface area (Å²) in [4.78, 5) is 23.9. The number of nitrogens with one attached hydrogen (secondary N) is 1. The van der Waals surface area contributed by atoms with Crippen molar-refractivity contribution in [2.75, 3.05) is 0 Å². The van der Waals surface area contributed by atoms with Crippen LogP contribution in [0.4, 0.5) is 0 Å². The summed E-state index contributed by atoms with van der Waals surface area (Å²) in [5.41, 5.74) is 2.79. The Bertz CT molecular complexity index is 1100. The van der Waals surface area contributed by atoms with Gasteiger partial charge in [0.2, 0.25) is 0 Å². The van der Waals surface area contributed by atoms with E-state index in [1.54, 1.807) is 60.7 Å². The third-order valence-electron chi connectivity index (χ3n) is 4.07. The zero-order valence-electron chi connectivity index (χ0n) is 14.8. The predicted molar refractivity (Wildman–Crippen MR) is 106 cm³/mol. The number of hydrogen-bond donors (Lipinski definition) is 2. The van der Waals surface area contributed by atoms with Gasteiger partial charge in [0.25, 0.3) is 5.91 Å². The number of rotatable bonds is 5. The average Bonchev–Trinajstić information content (AvgIpc) is 2.74. The van der Waals surface area contributed by atoms with Gasteiger partial charge in [0.15, 0.2) is 0 Å². The third-order valence-corrected chi connectivity index (χ3v) is 4.07. The lowest BCUT2D eigenvalue weighted by molar-refractivity contribution is -0.132. The third kappa shape index (κ3) is 4.32. The fraction of sp³-hybridized carbons (Fsp3) is 0. The van der Waals surface area contributed by atoms with E-state index in [1.165, 1.54) is 6.08 Å². The molecule has 3 aromatic rings. The molecule has 0 heterocycles. The lowest BCUT2D eigenvalue weighted by atomic mass is 9.98. The van der Waals surface area contributed by atoms with Gasteiger partial charge in [0.05, 0.1) is 11.6 Å². The summed E-state index contributed by atoms with van der Waals surface area (Å²) in [5, 5.41) is 21.2. The Balaban J connectivity index is 1.93. The molecule has 0 radical (unpaired) electrons. The van der Waals surface area contributed by atoms with E-state index in [0.29, 0.717) is 16.7 Å². The van der Waals surface area contributed by atoms with Gasteiger partial charge in [-0.3, -0.25) is 4.79 Å². The summed E-state index contributed by atoms with van der Waals surface area (Å²) in [6.07, 6.45) is 1.39. The molecule has 136 valence electrons. The number of amides is 1. The topological polar surface area (TPSA) is 90.2 Å². The van der Waals surface area contributed by atoms with Crippen molar-refractivity contribution >= 4 is 18.0 Å². The second-order valence-corrected chi connectivity index (χ2v) is 5.97. The van der Waals surface area contributed by atoms with Crippen molar-refractivity contribution < 1.29 is 14.7 Å². The zero-order valence-corrected chi connectivity index (χ0v) is 14.8. The summed E-state index contributed by atoms with van der Waals surface area (Å²) in [7, 11) is 0. The van der Waals surface area contributed by atoms with Gasteiger partial charge < -0.3 is 10.4 Å². The highest BCUT2D eigenvalue weighted by Gasteiger charge is 2.13. The van der Waals surface area contributed by atoms with Crippen LogP contribution in [0, 0.1) is 11.3 Å². The fourth-order valence-corrected chi connectivity index (χ4v) is 2.73. The number of benzene rings is 3. The minimum absolute atomic E-state index is 0.237. The second kappa shape index (κ2) is 8.47. The van der Waals surface area contributed by atoms with Crippen molar-refractivity contribution in [1.29, 1.82) is 5.26 Å². The Morgan fingerprint density at radius 2 is 1.64 bits per heavy atom. The van der Waals surface area contributed by atoms with E-state index in [9.17, 15) is 20.0 Å². The molecule has 0 aliphatic rings. The number of hydrogen-bond acceptors (Lipinski definition) is 3. The van der Waals surface area contributed by atoms with Crippen molar-refractivity contribution in [2.45, 2.75) is 0 Å². The van der Waals surface area contributed by atoms with Crippen LogP contribution >= 0.6 is 0 Å². The largest absolute Gasteiger partial charge is 0.477 e. The van der Waals surface area contributed by atoms with Gasteiger partial charge in [-0.25, -0.2) is 4.79 Å². The maximum absolute atomic E-state index is 12.3. The first kappa shape index (κ1) is 18.6. The summed E-state index contributed by atoms with van der Waals surface area (Å²) in [6.45, 7) is 0. The van der Waals surface area contributed by atoms with Crippen LogP contribution in [0.5, 0.6) is 0 Å². The first-order valence-electron chi connectivity index (χ1n) is 8.49. The van der Waals surface area contributed by atoms with Crippen molar-refractivity contribution in [2.24, 2.45) is 0 Å². The number of carboxylic acids is 1. The molecule has 0 unspecified atom stereocenters. The van der Waals surface area contributed by atoms with Crippen LogP contribution in [0.15, 0.2) is 84.6 Å². The molecule has 0 aliphatic heterocycles. The summed E-state index contributed by atoms with van der Waals surface area (Å²) in [6, 6.07) is 24.8. The molecule has 5 heteroatoms. The highest BCUT2D eigenvalue weighted by Crippen LogP contribution is 2.24. The number of nitrogens with zero attached hydrogens (tertiary/aromatic N) is 1. The molecule has 0 saturated carbocycles.